The monoisotopic (exact) mass is 204 g/mol. The Morgan fingerprint density at radius 3 is 2.58 bits per heavy atom. The van der Waals surface area contributed by atoms with Gasteiger partial charge in [-0.3, -0.25) is 0 Å². The number of thiazole rings is 1. The van der Waals surface area contributed by atoms with E-state index in [1.54, 1.807) is 11.3 Å². The van der Waals surface area contributed by atoms with E-state index in [9.17, 15) is 0 Å². The van der Waals surface area contributed by atoms with Gasteiger partial charge in [-0.05, 0) is 24.2 Å². The summed E-state index contributed by atoms with van der Waals surface area (Å²) in [7, 11) is 0. The van der Waals surface area contributed by atoms with Crippen LogP contribution in [0.5, 0.6) is 0 Å². The first-order chi connectivity index (χ1) is 5.36. The Morgan fingerprint density at radius 2 is 2.08 bits per heavy atom. The van der Waals surface area contributed by atoms with Gasteiger partial charge in [0.1, 0.15) is 0 Å². The Labute approximate surface area is 82.6 Å². The van der Waals surface area contributed by atoms with Crippen LogP contribution in [-0.4, -0.2) is 0 Å². The van der Waals surface area contributed by atoms with Crippen LogP contribution < -0.4 is 23.1 Å². The third kappa shape index (κ3) is 1.90. The topological polar surface area (TPSA) is 40.2 Å². The van der Waals surface area contributed by atoms with Gasteiger partial charge in [-0.15, -0.1) is 0 Å². The summed E-state index contributed by atoms with van der Waals surface area (Å²) in [4.78, 5) is 3.24. The number of H-pyrrole nitrogens is 1. The number of rotatable bonds is 1. The van der Waals surface area contributed by atoms with Crippen LogP contribution in [0.15, 0.2) is 6.20 Å². The first-order valence-corrected chi connectivity index (χ1v) is 4.95. The van der Waals surface area contributed by atoms with E-state index in [0.717, 1.165) is 10.9 Å². The molecule has 4 heteroatoms. The molecule has 1 fully saturated rings. The van der Waals surface area contributed by atoms with Crippen LogP contribution in [0.25, 0.3) is 0 Å². The van der Waals surface area contributed by atoms with Crippen LogP contribution >= 0.6 is 11.3 Å². The Morgan fingerprint density at radius 1 is 1.42 bits per heavy atom. The lowest BCUT2D eigenvalue weighted by molar-refractivity contribution is -0.384. The number of nitrogen functional groups attached to an aromatic ring is 1. The highest BCUT2D eigenvalue weighted by Gasteiger charge is 2.23. The number of hydrogen-bond donors (Lipinski definition) is 1. The zero-order chi connectivity index (χ0) is 7.68. The van der Waals surface area contributed by atoms with Gasteiger partial charge in [0.15, 0.2) is 5.00 Å². The molecule has 0 saturated heterocycles. The Balaban J connectivity index is 0.000000720. The van der Waals surface area contributed by atoms with Gasteiger partial charge in [0.25, 0.3) is 0 Å². The van der Waals surface area contributed by atoms with Gasteiger partial charge >= 0.3 is 0 Å². The van der Waals surface area contributed by atoms with Crippen molar-refractivity contribution in [3.63, 3.8) is 0 Å². The quantitative estimate of drug-likeness (QED) is 0.614. The number of aromatic amines is 1. The fraction of sp³-hybridized carbons (Fsp3) is 0.625. The van der Waals surface area contributed by atoms with E-state index in [0.29, 0.717) is 0 Å². The van der Waals surface area contributed by atoms with Gasteiger partial charge in [0.2, 0.25) is 11.2 Å². The molecule has 1 heterocycles. The Kier molecular flexibility index (Phi) is 3.35. The summed E-state index contributed by atoms with van der Waals surface area (Å²) in [5.74, 6) is 0.775. The number of nitrogens with two attached hydrogens (primary N) is 1. The number of aromatic nitrogens is 1. The lowest BCUT2D eigenvalue weighted by Gasteiger charge is -1.96. The van der Waals surface area contributed by atoms with Crippen molar-refractivity contribution >= 4 is 16.3 Å². The average Bonchev–Trinajstić information content (AvgIpc) is 2.55. The normalized spacial score (nSPS) is 17.7. The molecule has 0 aromatic carbocycles. The van der Waals surface area contributed by atoms with Crippen molar-refractivity contribution in [3.8, 4) is 0 Å². The smallest absolute Gasteiger partial charge is 0.240 e. The molecule has 0 bridgehead atoms. The molecule has 0 unspecified atom stereocenters. The van der Waals surface area contributed by atoms with E-state index in [4.69, 9.17) is 5.73 Å². The Hall–Kier alpha value is -0.280. The van der Waals surface area contributed by atoms with Gasteiger partial charge < -0.3 is 18.1 Å². The molecule has 0 atom stereocenters. The maximum Gasteiger partial charge on any atom is 0.240 e. The standard InChI is InChI=1S/C8H12N2S.ClH/c9-7-5-10-8(11-7)6-3-1-2-4-6;/h5-6H,1-4,9H2;1H. The molecule has 1 aromatic heterocycles. The minimum absolute atomic E-state index is 0. The molecule has 1 aliphatic rings. The van der Waals surface area contributed by atoms with Crippen LogP contribution in [0.2, 0.25) is 0 Å². The molecule has 68 valence electrons. The molecule has 0 amide bonds. The van der Waals surface area contributed by atoms with E-state index in [1.807, 2.05) is 6.20 Å². The lowest BCUT2D eigenvalue weighted by atomic mass is 10.1. The molecule has 1 aliphatic carbocycles. The SMILES string of the molecule is Nc1c[nH+]c(C2CCCC2)s1.[Cl-]. The van der Waals surface area contributed by atoms with E-state index >= 15 is 0 Å². The average molecular weight is 205 g/mol. The molecule has 2 nitrogen and oxygen atoms in total. The van der Waals surface area contributed by atoms with Crippen molar-refractivity contribution < 1.29 is 17.4 Å². The maximum atomic E-state index is 5.63. The summed E-state index contributed by atoms with van der Waals surface area (Å²) in [6.07, 6.45) is 7.36. The summed E-state index contributed by atoms with van der Waals surface area (Å²) < 4.78 is 0. The highest BCUT2D eigenvalue weighted by molar-refractivity contribution is 7.15. The van der Waals surface area contributed by atoms with Crippen LogP contribution in [0.4, 0.5) is 5.00 Å². The second-order valence-corrected chi connectivity index (χ2v) is 4.25. The first-order valence-electron chi connectivity index (χ1n) is 4.13. The molecule has 0 radical (unpaired) electrons. The highest BCUT2D eigenvalue weighted by atomic mass is 35.5. The number of halogens is 1. The molecule has 1 aromatic rings. The summed E-state index contributed by atoms with van der Waals surface area (Å²) in [5.41, 5.74) is 5.63. The second kappa shape index (κ2) is 4.10. The largest absolute Gasteiger partial charge is 1.00 e. The van der Waals surface area contributed by atoms with Crippen molar-refractivity contribution in [2.75, 3.05) is 5.73 Å². The molecule has 12 heavy (non-hydrogen) atoms. The van der Waals surface area contributed by atoms with Crippen molar-refractivity contribution in [1.29, 1.82) is 0 Å². The zero-order valence-corrected chi connectivity index (χ0v) is 8.42. The van der Waals surface area contributed by atoms with Gasteiger partial charge in [-0.2, -0.15) is 0 Å². The van der Waals surface area contributed by atoms with Crippen LogP contribution in [0.1, 0.15) is 36.6 Å². The first kappa shape index (κ1) is 9.81. The highest BCUT2D eigenvalue weighted by Crippen LogP contribution is 2.34. The summed E-state index contributed by atoms with van der Waals surface area (Å²) >= 11 is 1.71. The van der Waals surface area contributed by atoms with Crippen molar-refractivity contribution in [2.45, 2.75) is 31.6 Å². The van der Waals surface area contributed by atoms with E-state index in [-0.39, 0.29) is 12.4 Å². The van der Waals surface area contributed by atoms with Gasteiger partial charge in [0.05, 0.1) is 5.92 Å². The van der Waals surface area contributed by atoms with E-state index in [1.165, 1.54) is 30.7 Å². The predicted molar refractivity (Wildman–Crippen MR) is 46.5 cm³/mol. The molecule has 1 saturated carbocycles. The fourth-order valence-corrected chi connectivity index (χ4v) is 2.61. The summed E-state index contributed by atoms with van der Waals surface area (Å²) in [5, 5.41) is 2.28. The van der Waals surface area contributed by atoms with Gasteiger partial charge in [-0.1, -0.05) is 12.8 Å². The minimum Gasteiger partial charge on any atom is -1.00 e. The van der Waals surface area contributed by atoms with Crippen LogP contribution in [-0.2, 0) is 0 Å². The molecule has 2 rings (SSSR count). The van der Waals surface area contributed by atoms with Gasteiger partial charge in [0, 0.05) is 0 Å². The molecular weight excluding hydrogens is 192 g/mol. The van der Waals surface area contributed by atoms with Crippen molar-refractivity contribution in [2.24, 2.45) is 0 Å². The summed E-state index contributed by atoms with van der Waals surface area (Å²) in [6, 6.07) is 0. The fourth-order valence-electron chi connectivity index (χ4n) is 1.72. The molecule has 0 spiro atoms. The van der Waals surface area contributed by atoms with E-state index in [2.05, 4.69) is 4.98 Å². The summed E-state index contributed by atoms with van der Waals surface area (Å²) in [6.45, 7) is 0. The second-order valence-electron chi connectivity index (χ2n) is 3.14. The van der Waals surface area contributed by atoms with Crippen molar-refractivity contribution in [1.82, 2.24) is 0 Å². The Bertz CT molecular complexity index is 243. The maximum absolute atomic E-state index is 5.63. The minimum atomic E-state index is 0. The third-order valence-electron chi connectivity index (χ3n) is 2.31. The number of anilines is 1. The zero-order valence-electron chi connectivity index (χ0n) is 6.85. The van der Waals surface area contributed by atoms with Crippen LogP contribution in [0.3, 0.4) is 0 Å². The molecule has 3 N–H and O–H groups in total. The predicted octanol–water partition coefficient (Wildman–Crippen LogP) is -1.19. The third-order valence-corrected chi connectivity index (χ3v) is 3.34. The van der Waals surface area contributed by atoms with Gasteiger partial charge in [-0.25, -0.2) is 4.98 Å². The molecular formula is C8H13ClN2S. The number of hydrogen-bond acceptors (Lipinski definition) is 2. The number of nitrogens with one attached hydrogen (secondary N) is 1. The van der Waals surface area contributed by atoms with Crippen molar-refractivity contribution in [3.05, 3.63) is 11.2 Å². The lowest BCUT2D eigenvalue weighted by Crippen LogP contribution is -3.00. The molecule has 0 aliphatic heterocycles. The van der Waals surface area contributed by atoms with E-state index < -0.39 is 0 Å². The van der Waals surface area contributed by atoms with Crippen LogP contribution in [0, 0.1) is 0 Å².